The Morgan fingerprint density at radius 1 is 1.00 bits per heavy atom. The summed E-state index contributed by atoms with van der Waals surface area (Å²) in [6.07, 6.45) is 3.62. The number of alkyl halides is 3. The molecule has 5 radical (unpaired) electrons. The van der Waals surface area contributed by atoms with E-state index in [9.17, 15) is 26.4 Å². The van der Waals surface area contributed by atoms with Crippen LogP contribution in [-0.2, 0) is 16.2 Å². The normalized spacial score (nSPS) is 20.6. The molecule has 0 aromatic heterocycles. The summed E-state index contributed by atoms with van der Waals surface area (Å²) in [5.41, 5.74) is -0.886. The number of amides is 2. The average Bonchev–Trinajstić information content (AvgIpc) is 3.18. The molecule has 33 heavy (non-hydrogen) atoms. The van der Waals surface area contributed by atoms with Crippen LogP contribution in [0.2, 0.25) is 0 Å². The minimum absolute atomic E-state index is 0. The molecule has 2 fully saturated rings. The summed E-state index contributed by atoms with van der Waals surface area (Å²) in [7, 11) is -3.87. The number of hydrogen-bond acceptors (Lipinski definition) is 3. The molecule has 0 spiro atoms. The fraction of sp³-hybridized carbons (Fsp3) is 0.565. The van der Waals surface area contributed by atoms with Gasteiger partial charge in [0.25, 0.3) is 0 Å². The van der Waals surface area contributed by atoms with E-state index in [-0.39, 0.29) is 44.8 Å². The summed E-state index contributed by atoms with van der Waals surface area (Å²) in [4.78, 5) is 12.1. The zero-order valence-electron chi connectivity index (χ0n) is 18.8. The van der Waals surface area contributed by atoms with Crippen molar-refractivity contribution >= 4 is 16.1 Å². The van der Waals surface area contributed by atoms with Crippen molar-refractivity contribution in [1.29, 1.82) is 0 Å². The minimum atomic E-state index is -4.51. The second-order valence-electron chi connectivity index (χ2n) is 8.25. The molecule has 1 unspecified atom stereocenters. The minimum Gasteiger partial charge on any atom is -0.338 e. The number of carbonyl (C=O) groups is 1. The summed E-state index contributed by atoms with van der Waals surface area (Å²) in [5, 5.41) is 5.76. The molecule has 3 rings (SSSR count). The van der Waals surface area contributed by atoms with Gasteiger partial charge in [-0.25, -0.2) is 13.2 Å². The number of urea groups is 1. The summed E-state index contributed by atoms with van der Waals surface area (Å²) in [5.74, 6) is -0.0442. The Labute approximate surface area is 196 Å². The number of carbonyl (C=O) groups excluding carboxylic acids is 1. The van der Waals surface area contributed by atoms with Crippen molar-refractivity contribution in [2.45, 2.75) is 62.4 Å². The molecular weight excluding hydrogens is 455 g/mol. The van der Waals surface area contributed by atoms with Crippen LogP contribution in [-0.4, -0.2) is 38.4 Å². The average molecular weight is 489 g/mol. The van der Waals surface area contributed by atoms with Crippen LogP contribution in [0.1, 0.15) is 56.9 Å². The van der Waals surface area contributed by atoms with Gasteiger partial charge in [-0.05, 0) is 49.4 Å². The zero-order chi connectivity index (χ0) is 22.5. The molecule has 1 heterocycles. The predicted octanol–water partition coefficient (Wildman–Crippen LogP) is 4.95. The molecule has 1 aliphatic carbocycles. The highest BCUT2D eigenvalue weighted by molar-refractivity contribution is 7.89. The molecule has 2 aliphatic rings. The molecule has 0 bridgehead atoms. The number of benzene rings is 1. The van der Waals surface area contributed by atoms with Gasteiger partial charge in [0.15, 0.2) is 0 Å². The van der Waals surface area contributed by atoms with Crippen LogP contribution in [0.5, 0.6) is 0 Å². The van der Waals surface area contributed by atoms with Gasteiger partial charge in [-0.15, -0.1) is 0 Å². The topological polar surface area (TPSA) is 78.5 Å². The highest BCUT2D eigenvalue weighted by Crippen LogP contribution is 2.31. The van der Waals surface area contributed by atoms with Crippen molar-refractivity contribution in [2.24, 2.45) is 5.92 Å². The molecule has 2 N–H and O–H groups in total. The van der Waals surface area contributed by atoms with Crippen LogP contribution >= 0.6 is 0 Å². The molecule has 2 amide bonds. The van der Waals surface area contributed by atoms with Crippen molar-refractivity contribution in [3.05, 3.63) is 50.7 Å². The number of hydrogen-bond donors (Lipinski definition) is 2. The van der Waals surface area contributed by atoms with Crippen LogP contribution in [0.3, 0.4) is 0 Å². The molecule has 1 saturated heterocycles. The third-order valence-corrected chi connectivity index (χ3v) is 7.75. The van der Waals surface area contributed by atoms with Gasteiger partial charge in [0.2, 0.25) is 10.0 Å². The van der Waals surface area contributed by atoms with E-state index in [0.717, 1.165) is 56.0 Å². The number of halogens is 3. The second-order valence-corrected chi connectivity index (χ2v) is 10.2. The molecule has 6 nitrogen and oxygen atoms in total. The Kier molecular flexibility index (Phi) is 11.2. The first-order valence-corrected chi connectivity index (χ1v) is 12.2. The SMILES string of the molecule is O=C(NCC1CCN(S(=O)(=O)c2ccc(C(F)(F)F)cc2)C1)N[C]1CCCCCCC1.[CH2].[CH2]. The molecule has 1 atom stereocenters. The number of sulfonamides is 1. The fourth-order valence-corrected chi connectivity index (χ4v) is 5.58. The van der Waals surface area contributed by atoms with Crippen LogP contribution in [0.4, 0.5) is 18.0 Å². The third kappa shape index (κ3) is 8.17. The molecule has 1 aromatic carbocycles. The first kappa shape index (κ1) is 29.2. The fourth-order valence-electron chi connectivity index (χ4n) is 4.05. The number of nitrogens with zero attached hydrogens (tertiary/aromatic N) is 1. The van der Waals surface area contributed by atoms with Gasteiger partial charge in [0.05, 0.1) is 16.5 Å². The van der Waals surface area contributed by atoms with Crippen molar-refractivity contribution in [1.82, 2.24) is 14.9 Å². The quantitative estimate of drug-likeness (QED) is 0.616. The van der Waals surface area contributed by atoms with Gasteiger partial charge in [-0.2, -0.15) is 17.5 Å². The Bertz CT molecular complexity index is 837. The first-order chi connectivity index (χ1) is 14.7. The summed E-state index contributed by atoms with van der Waals surface area (Å²) in [6, 6.07) is 4.32. The van der Waals surface area contributed by atoms with Gasteiger partial charge in [-0.1, -0.05) is 47.0 Å². The van der Waals surface area contributed by atoms with E-state index >= 15 is 0 Å². The van der Waals surface area contributed by atoms with E-state index in [1.54, 1.807) is 0 Å². The van der Waals surface area contributed by atoms with Gasteiger partial charge >= 0.3 is 12.2 Å². The van der Waals surface area contributed by atoms with E-state index in [1.165, 1.54) is 23.6 Å². The summed E-state index contributed by atoms with van der Waals surface area (Å²) >= 11 is 0. The van der Waals surface area contributed by atoms with Crippen LogP contribution < -0.4 is 10.6 Å². The van der Waals surface area contributed by atoms with Crippen LogP contribution in [0.15, 0.2) is 29.2 Å². The molecule has 10 heteroatoms. The van der Waals surface area contributed by atoms with Gasteiger partial charge in [-0.3, -0.25) is 0 Å². The van der Waals surface area contributed by atoms with Gasteiger partial charge in [0.1, 0.15) is 0 Å². The standard InChI is InChI=1S/C21H29F3N3O3S.2CH2/c22-21(23,24)17-8-10-19(11-9-17)31(29,30)27-13-12-16(15-27)14-25-20(28)26-18-6-4-2-1-3-5-7-18;;/h8-11,16H,1-7,12-15H2,(H2,25,26,28);2*1H2. The second kappa shape index (κ2) is 12.6. The van der Waals surface area contributed by atoms with E-state index in [0.29, 0.717) is 13.0 Å². The lowest BCUT2D eigenvalue weighted by molar-refractivity contribution is -0.137. The largest absolute Gasteiger partial charge is 0.416 e. The van der Waals surface area contributed by atoms with Crippen LogP contribution in [0.25, 0.3) is 0 Å². The van der Waals surface area contributed by atoms with Gasteiger partial charge in [0, 0.05) is 19.6 Å². The van der Waals surface area contributed by atoms with E-state index in [1.807, 2.05) is 0 Å². The van der Waals surface area contributed by atoms with Gasteiger partial charge < -0.3 is 10.6 Å². The zero-order valence-corrected chi connectivity index (χ0v) is 19.6. The van der Waals surface area contributed by atoms with Crippen molar-refractivity contribution < 1.29 is 26.4 Å². The van der Waals surface area contributed by atoms with Crippen molar-refractivity contribution in [3.8, 4) is 0 Å². The van der Waals surface area contributed by atoms with Crippen molar-refractivity contribution in [3.63, 3.8) is 0 Å². The lowest BCUT2D eigenvalue weighted by Crippen LogP contribution is -2.41. The van der Waals surface area contributed by atoms with E-state index in [2.05, 4.69) is 10.6 Å². The first-order valence-electron chi connectivity index (χ1n) is 10.7. The molecule has 1 aromatic rings. The maximum atomic E-state index is 12.7. The van der Waals surface area contributed by atoms with Crippen molar-refractivity contribution in [2.75, 3.05) is 19.6 Å². The Morgan fingerprint density at radius 3 is 2.15 bits per heavy atom. The highest BCUT2D eigenvalue weighted by Gasteiger charge is 2.34. The third-order valence-electron chi connectivity index (χ3n) is 5.87. The van der Waals surface area contributed by atoms with E-state index in [4.69, 9.17) is 0 Å². The summed E-state index contributed by atoms with van der Waals surface area (Å²) < 4.78 is 64.9. The highest BCUT2D eigenvalue weighted by atomic mass is 32.2. The Morgan fingerprint density at radius 2 is 1.58 bits per heavy atom. The molecular formula is C23H33F3N3O3S. The summed E-state index contributed by atoms with van der Waals surface area (Å²) in [6.45, 7) is 0.840. The number of rotatable bonds is 5. The number of nitrogens with one attached hydrogen (secondary N) is 2. The predicted molar refractivity (Wildman–Crippen MR) is 121 cm³/mol. The lowest BCUT2D eigenvalue weighted by Gasteiger charge is -2.21. The lowest BCUT2D eigenvalue weighted by atomic mass is 9.97. The Balaban J connectivity index is 0.00000272. The van der Waals surface area contributed by atoms with E-state index < -0.39 is 21.8 Å². The molecule has 1 aliphatic heterocycles. The monoisotopic (exact) mass is 488 g/mol. The van der Waals surface area contributed by atoms with Crippen LogP contribution in [0, 0.1) is 26.8 Å². The maximum absolute atomic E-state index is 12.7. The smallest absolute Gasteiger partial charge is 0.338 e. The Hall–Kier alpha value is -1.81. The molecule has 1 saturated carbocycles. The maximum Gasteiger partial charge on any atom is 0.416 e. The molecule has 185 valence electrons.